The van der Waals surface area contributed by atoms with Crippen LogP contribution in [0.4, 0.5) is 12.9 Å². The van der Waals surface area contributed by atoms with Gasteiger partial charge in [0.05, 0.1) is 5.52 Å². The summed E-state index contributed by atoms with van der Waals surface area (Å²) < 4.78 is 38.4. The molecule has 0 saturated carbocycles. The van der Waals surface area contributed by atoms with Gasteiger partial charge in [0.15, 0.2) is 0 Å². The van der Waals surface area contributed by atoms with Gasteiger partial charge in [0.25, 0.3) is 0 Å². The Morgan fingerprint density at radius 1 is 1.27 bits per heavy atom. The molecule has 2 rings (SSSR count). The molecule has 0 unspecified atom stereocenters. The van der Waals surface area contributed by atoms with Gasteiger partial charge >= 0.3 is 58.4 Å². The average Bonchev–Trinajstić information content (AvgIpc) is 2.46. The molecule has 15 heavy (non-hydrogen) atoms. The minimum absolute atomic E-state index is 0. The molecule has 1 aromatic carbocycles. The molecule has 2 aromatic rings. The third kappa shape index (κ3) is 2.62. The fourth-order valence-corrected chi connectivity index (χ4v) is 1.26. The van der Waals surface area contributed by atoms with Crippen molar-refractivity contribution < 1.29 is 64.3 Å². The fourth-order valence-electron chi connectivity index (χ4n) is 1.26. The summed E-state index contributed by atoms with van der Waals surface area (Å²) >= 11 is 0. The molecular weight excluding hydrogens is 233 g/mol. The Bertz CT molecular complexity index is 482. The van der Waals surface area contributed by atoms with Gasteiger partial charge in [-0.05, 0) is 6.07 Å². The van der Waals surface area contributed by atoms with Crippen LogP contribution in [-0.4, -0.2) is 22.0 Å². The molecular formula is C7H6BF3KN3. The van der Waals surface area contributed by atoms with Crippen LogP contribution in [-0.2, 0) is 7.05 Å². The molecule has 0 amide bonds. The largest absolute Gasteiger partial charge is 1.00 e. The van der Waals surface area contributed by atoms with Crippen LogP contribution in [0.2, 0.25) is 0 Å². The second-order valence-electron chi connectivity index (χ2n) is 3.04. The number of aromatic nitrogens is 3. The monoisotopic (exact) mass is 239 g/mol. The van der Waals surface area contributed by atoms with Gasteiger partial charge in [-0.25, -0.2) is 4.68 Å². The first kappa shape index (κ1) is 13.2. The quantitative estimate of drug-likeness (QED) is 0.540. The minimum Gasteiger partial charge on any atom is -0.445 e. The van der Waals surface area contributed by atoms with E-state index in [0.717, 1.165) is 12.1 Å². The zero-order valence-electron chi connectivity index (χ0n) is 8.28. The third-order valence-corrected chi connectivity index (χ3v) is 2.01. The third-order valence-electron chi connectivity index (χ3n) is 2.01. The van der Waals surface area contributed by atoms with E-state index < -0.39 is 12.4 Å². The first-order valence-electron chi connectivity index (χ1n) is 3.98. The smallest absolute Gasteiger partial charge is 0.445 e. The van der Waals surface area contributed by atoms with Crippen LogP contribution >= 0.6 is 0 Å². The van der Waals surface area contributed by atoms with Crippen LogP contribution in [0.15, 0.2) is 18.2 Å². The molecule has 0 aliphatic carbocycles. The van der Waals surface area contributed by atoms with Crippen molar-refractivity contribution in [2.24, 2.45) is 7.05 Å². The predicted molar refractivity (Wildman–Crippen MR) is 47.2 cm³/mol. The fraction of sp³-hybridized carbons (Fsp3) is 0.143. The van der Waals surface area contributed by atoms with Crippen molar-refractivity contribution in [3.8, 4) is 0 Å². The van der Waals surface area contributed by atoms with Gasteiger partial charge in [-0.3, -0.25) is 0 Å². The molecule has 74 valence electrons. The van der Waals surface area contributed by atoms with Crippen LogP contribution in [0.1, 0.15) is 0 Å². The summed E-state index contributed by atoms with van der Waals surface area (Å²) in [7, 11) is 1.63. The van der Waals surface area contributed by atoms with Gasteiger partial charge in [0.1, 0.15) is 5.52 Å². The van der Waals surface area contributed by atoms with Crippen molar-refractivity contribution in [2.45, 2.75) is 0 Å². The molecule has 1 heterocycles. The van der Waals surface area contributed by atoms with Crippen molar-refractivity contribution in [2.75, 3.05) is 0 Å². The number of nitrogens with zero attached hydrogens (tertiary/aromatic N) is 3. The molecule has 1 aromatic heterocycles. The standard InChI is InChI=1S/C7H6BF3N3.K/c1-14-7-3-2-5(8(9,10)11)4-6(7)12-13-14;/h2-4H,1H3;/q-1;+1. The summed E-state index contributed by atoms with van der Waals surface area (Å²) in [6, 6.07) is 3.44. The van der Waals surface area contributed by atoms with Gasteiger partial charge in [-0.15, -0.1) is 10.6 Å². The summed E-state index contributed by atoms with van der Waals surface area (Å²) in [5, 5.41) is 7.24. The summed E-state index contributed by atoms with van der Waals surface area (Å²) in [6.45, 7) is -4.95. The van der Waals surface area contributed by atoms with E-state index in [1.807, 2.05) is 0 Å². The van der Waals surface area contributed by atoms with E-state index in [4.69, 9.17) is 0 Å². The van der Waals surface area contributed by atoms with Crippen LogP contribution in [0, 0.1) is 0 Å². The van der Waals surface area contributed by atoms with Crippen molar-refractivity contribution in [1.82, 2.24) is 15.0 Å². The Morgan fingerprint density at radius 3 is 2.53 bits per heavy atom. The Balaban J connectivity index is 0.00000112. The minimum atomic E-state index is -4.95. The van der Waals surface area contributed by atoms with Gasteiger partial charge in [0.2, 0.25) is 0 Å². The molecule has 8 heteroatoms. The maximum Gasteiger partial charge on any atom is 1.00 e. The number of hydrogen-bond donors (Lipinski definition) is 0. The number of halogens is 3. The number of fused-ring (bicyclic) bond motifs is 1. The molecule has 0 aliphatic heterocycles. The van der Waals surface area contributed by atoms with Crippen molar-refractivity contribution in [3.05, 3.63) is 18.2 Å². The van der Waals surface area contributed by atoms with E-state index >= 15 is 0 Å². The SMILES string of the molecule is Cn1nnc2cc([B-](F)(F)F)ccc21.[K+]. The Morgan fingerprint density at radius 2 is 1.93 bits per heavy atom. The molecule has 0 saturated heterocycles. The molecule has 0 aliphatic rings. The normalized spacial score (nSPS) is 11.5. The Kier molecular flexibility index (Phi) is 3.99. The average molecular weight is 239 g/mol. The van der Waals surface area contributed by atoms with Crippen LogP contribution in [0.5, 0.6) is 0 Å². The summed E-state index contributed by atoms with van der Waals surface area (Å²) in [4.78, 5) is 0. The van der Waals surface area contributed by atoms with Crippen LogP contribution < -0.4 is 56.8 Å². The molecule has 3 nitrogen and oxygen atoms in total. The van der Waals surface area contributed by atoms with E-state index in [0.29, 0.717) is 5.52 Å². The zero-order chi connectivity index (χ0) is 10.3. The summed E-state index contributed by atoms with van der Waals surface area (Å²) in [5.41, 5.74) is 0.219. The number of benzene rings is 1. The number of hydrogen-bond acceptors (Lipinski definition) is 2. The maximum absolute atomic E-state index is 12.3. The van der Waals surface area contributed by atoms with Crippen molar-refractivity contribution in [3.63, 3.8) is 0 Å². The van der Waals surface area contributed by atoms with Crippen molar-refractivity contribution >= 4 is 23.5 Å². The molecule has 0 N–H and O–H groups in total. The molecule has 0 bridgehead atoms. The maximum atomic E-state index is 12.3. The predicted octanol–water partition coefficient (Wildman–Crippen LogP) is -1.97. The molecule has 0 spiro atoms. The first-order chi connectivity index (χ1) is 6.48. The molecule has 0 radical (unpaired) electrons. The Hall–Kier alpha value is 0.111. The zero-order valence-corrected chi connectivity index (χ0v) is 11.4. The van der Waals surface area contributed by atoms with Crippen LogP contribution in [0.3, 0.4) is 0 Å². The van der Waals surface area contributed by atoms with Gasteiger partial charge in [-0.2, -0.15) is 0 Å². The topological polar surface area (TPSA) is 30.7 Å². The molecule has 0 atom stereocenters. The van der Waals surface area contributed by atoms with E-state index in [2.05, 4.69) is 10.3 Å². The van der Waals surface area contributed by atoms with Crippen LogP contribution in [0.25, 0.3) is 11.0 Å². The van der Waals surface area contributed by atoms with E-state index in [-0.39, 0.29) is 56.9 Å². The first-order valence-corrected chi connectivity index (χ1v) is 3.98. The summed E-state index contributed by atoms with van der Waals surface area (Å²) in [5.74, 6) is 0. The van der Waals surface area contributed by atoms with E-state index in [1.54, 1.807) is 7.05 Å². The second kappa shape index (κ2) is 4.54. The number of aryl methyl sites for hydroxylation is 1. The second-order valence-corrected chi connectivity index (χ2v) is 3.04. The number of rotatable bonds is 1. The summed E-state index contributed by atoms with van der Waals surface area (Å²) in [6.07, 6.45) is 0. The Labute approximate surface area is 126 Å². The van der Waals surface area contributed by atoms with Gasteiger partial charge in [-0.1, -0.05) is 17.3 Å². The van der Waals surface area contributed by atoms with Crippen molar-refractivity contribution in [1.29, 1.82) is 0 Å². The molecule has 0 fully saturated rings. The van der Waals surface area contributed by atoms with Gasteiger partial charge in [0, 0.05) is 7.05 Å². The van der Waals surface area contributed by atoms with E-state index in [1.165, 1.54) is 10.7 Å². The van der Waals surface area contributed by atoms with Gasteiger partial charge < -0.3 is 12.9 Å². The van der Waals surface area contributed by atoms with E-state index in [9.17, 15) is 12.9 Å².